The van der Waals surface area contributed by atoms with Gasteiger partial charge in [0.05, 0.1) is 12.3 Å². The normalized spacial score (nSPS) is 16.3. The molecule has 1 amide bonds. The summed E-state index contributed by atoms with van der Waals surface area (Å²) in [4.78, 5) is 30.2. The molecule has 2 aliphatic heterocycles. The van der Waals surface area contributed by atoms with Gasteiger partial charge in [-0.15, -0.1) is 11.3 Å². The Bertz CT molecular complexity index is 1220. The SMILES string of the molecule is CC(=O)OCN1C(=O)CCc2ccc(OCCCCN3CCN(c4cccc5sccc45)CC3)cc21. The number of anilines is 2. The number of carbonyl (C=O) groups excluding carboxylic acids is 2. The van der Waals surface area contributed by atoms with Crippen LogP contribution in [0, 0.1) is 0 Å². The molecule has 1 fully saturated rings. The molecule has 3 heterocycles. The number of amides is 1. The molecule has 0 atom stereocenters. The van der Waals surface area contributed by atoms with E-state index in [4.69, 9.17) is 9.47 Å². The second kappa shape index (κ2) is 11.3. The maximum atomic E-state index is 12.4. The highest BCUT2D eigenvalue weighted by Crippen LogP contribution is 2.32. The van der Waals surface area contributed by atoms with Crippen molar-refractivity contribution >= 4 is 44.7 Å². The lowest BCUT2D eigenvalue weighted by Crippen LogP contribution is -2.46. The predicted molar refractivity (Wildman–Crippen MR) is 144 cm³/mol. The van der Waals surface area contributed by atoms with Gasteiger partial charge in [-0.2, -0.15) is 0 Å². The van der Waals surface area contributed by atoms with Gasteiger partial charge in [0.2, 0.25) is 5.91 Å². The highest BCUT2D eigenvalue weighted by Gasteiger charge is 2.25. The first-order valence-corrected chi connectivity index (χ1v) is 13.6. The Balaban J connectivity index is 1.06. The summed E-state index contributed by atoms with van der Waals surface area (Å²) in [5, 5.41) is 3.55. The topological polar surface area (TPSA) is 62.3 Å². The Kier molecular flexibility index (Phi) is 7.72. The summed E-state index contributed by atoms with van der Waals surface area (Å²) < 4.78 is 12.5. The third-order valence-electron chi connectivity index (χ3n) is 6.98. The van der Waals surface area contributed by atoms with Crippen molar-refractivity contribution < 1.29 is 19.1 Å². The Morgan fingerprint density at radius 3 is 2.69 bits per heavy atom. The molecule has 0 aliphatic carbocycles. The molecule has 8 heteroatoms. The number of piperazine rings is 1. The number of hydrogen-bond acceptors (Lipinski definition) is 7. The molecule has 2 aliphatic rings. The smallest absolute Gasteiger partial charge is 0.304 e. The largest absolute Gasteiger partial charge is 0.494 e. The lowest BCUT2D eigenvalue weighted by molar-refractivity contribution is -0.141. The minimum absolute atomic E-state index is 0.0343. The van der Waals surface area contributed by atoms with Crippen molar-refractivity contribution in [2.24, 2.45) is 0 Å². The van der Waals surface area contributed by atoms with Crippen molar-refractivity contribution in [3.8, 4) is 5.75 Å². The number of unbranched alkanes of at least 4 members (excludes halogenated alkanes) is 1. The van der Waals surface area contributed by atoms with Gasteiger partial charge in [0.25, 0.3) is 0 Å². The molecule has 36 heavy (non-hydrogen) atoms. The molecule has 3 aromatic rings. The van der Waals surface area contributed by atoms with E-state index in [9.17, 15) is 9.59 Å². The molecule has 0 spiro atoms. The molecule has 5 rings (SSSR count). The summed E-state index contributed by atoms with van der Waals surface area (Å²) >= 11 is 1.81. The molecular formula is C28H33N3O4S. The van der Waals surface area contributed by atoms with Crippen molar-refractivity contribution in [2.45, 2.75) is 32.6 Å². The number of esters is 1. The zero-order valence-electron chi connectivity index (χ0n) is 20.8. The fourth-order valence-corrected chi connectivity index (χ4v) is 5.81. The van der Waals surface area contributed by atoms with Gasteiger partial charge >= 0.3 is 5.97 Å². The molecule has 190 valence electrons. The van der Waals surface area contributed by atoms with Crippen LogP contribution in [0.4, 0.5) is 11.4 Å². The summed E-state index contributed by atoms with van der Waals surface area (Å²) in [5.41, 5.74) is 3.21. The fraction of sp³-hybridized carbons (Fsp3) is 0.429. The van der Waals surface area contributed by atoms with E-state index in [2.05, 4.69) is 39.4 Å². The minimum atomic E-state index is -0.399. The summed E-state index contributed by atoms with van der Waals surface area (Å²) in [5.74, 6) is 0.309. The van der Waals surface area contributed by atoms with E-state index in [1.165, 1.54) is 27.6 Å². The van der Waals surface area contributed by atoms with E-state index in [1.54, 1.807) is 11.3 Å². The molecule has 1 saturated heterocycles. The number of fused-ring (bicyclic) bond motifs is 2. The highest BCUT2D eigenvalue weighted by atomic mass is 32.1. The number of rotatable bonds is 9. The number of aryl methyl sites for hydroxylation is 1. The van der Waals surface area contributed by atoms with Crippen LogP contribution in [0.15, 0.2) is 47.8 Å². The number of carbonyl (C=O) groups is 2. The molecule has 0 radical (unpaired) electrons. The average molecular weight is 508 g/mol. The van der Waals surface area contributed by atoms with Crippen LogP contribution in [-0.4, -0.2) is 62.8 Å². The maximum absolute atomic E-state index is 12.4. The van der Waals surface area contributed by atoms with Crippen LogP contribution in [0.2, 0.25) is 0 Å². The van der Waals surface area contributed by atoms with Crippen LogP contribution >= 0.6 is 11.3 Å². The van der Waals surface area contributed by atoms with Crippen LogP contribution in [-0.2, 0) is 20.7 Å². The van der Waals surface area contributed by atoms with Crippen molar-refractivity contribution in [1.82, 2.24) is 4.90 Å². The van der Waals surface area contributed by atoms with Gasteiger partial charge in [-0.3, -0.25) is 19.4 Å². The maximum Gasteiger partial charge on any atom is 0.304 e. The molecule has 2 aromatic carbocycles. The first-order chi connectivity index (χ1) is 17.6. The highest BCUT2D eigenvalue weighted by molar-refractivity contribution is 7.17. The minimum Gasteiger partial charge on any atom is -0.494 e. The van der Waals surface area contributed by atoms with E-state index < -0.39 is 5.97 Å². The van der Waals surface area contributed by atoms with Gasteiger partial charge in [0.1, 0.15) is 5.75 Å². The molecule has 7 nitrogen and oxygen atoms in total. The first-order valence-electron chi connectivity index (χ1n) is 12.7. The number of benzene rings is 2. The number of nitrogens with zero attached hydrogens (tertiary/aromatic N) is 3. The Morgan fingerprint density at radius 1 is 1.00 bits per heavy atom. The van der Waals surface area contributed by atoms with E-state index in [-0.39, 0.29) is 12.6 Å². The van der Waals surface area contributed by atoms with Gasteiger partial charge in [-0.1, -0.05) is 12.1 Å². The van der Waals surface area contributed by atoms with E-state index in [0.717, 1.165) is 62.6 Å². The van der Waals surface area contributed by atoms with Gasteiger partial charge in [-0.05, 0) is 61.0 Å². The summed E-state index contributed by atoms with van der Waals surface area (Å²) in [6.07, 6.45) is 3.18. The monoisotopic (exact) mass is 507 g/mol. The van der Waals surface area contributed by atoms with Gasteiger partial charge in [0.15, 0.2) is 6.73 Å². The predicted octanol–water partition coefficient (Wildman–Crippen LogP) is 4.68. The molecule has 0 unspecified atom stereocenters. The quantitative estimate of drug-likeness (QED) is 0.310. The standard InChI is InChI=1S/C28H33N3O4S/c1-21(32)35-20-31-26-19-23(9-7-22(26)8-10-28(31)33)34-17-3-2-12-29-13-15-30(16-14-29)25-5-4-6-27-24(25)11-18-36-27/h4-7,9,11,18-19H,2-3,8,10,12-17,20H2,1H3. The van der Waals surface area contributed by atoms with Crippen molar-refractivity contribution in [3.63, 3.8) is 0 Å². The van der Waals surface area contributed by atoms with E-state index in [1.807, 2.05) is 18.2 Å². The Hall–Kier alpha value is -3.10. The van der Waals surface area contributed by atoms with Crippen LogP contribution in [0.25, 0.3) is 10.1 Å². The molecule has 1 aromatic heterocycles. The van der Waals surface area contributed by atoms with Crippen molar-refractivity contribution in [2.75, 3.05) is 55.9 Å². The summed E-state index contributed by atoms with van der Waals surface area (Å²) in [7, 11) is 0. The van der Waals surface area contributed by atoms with Crippen LogP contribution in [0.3, 0.4) is 0 Å². The third-order valence-corrected chi connectivity index (χ3v) is 7.86. The molecule has 0 saturated carbocycles. The summed E-state index contributed by atoms with van der Waals surface area (Å²) in [6.45, 7) is 7.29. The second-order valence-electron chi connectivity index (χ2n) is 9.37. The van der Waals surface area contributed by atoms with Gasteiger partial charge in [0, 0.05) is 61.4 Å². The zero-order valence-corrected chi connectivity index (χ0v) is 21.6. The van der Waals surface area contributed by atoms with Crippen LogP contribution < -0.4 is 14.5 Å². The van der Waals surface area contributed by atoms with Crippen LogP contribution in [0.1, 0.15) is 31.7 Å². The zero-order chi connectivity index (χ0) is 24.9. The fourth-order valence-electron chi connectivity index (χ4n) is 5.00. The second-order valence-corrected chi connectivity index (χ2v) is 10.3. The van der Waals surface area contributed by atoms with Crippen molar-refractivity contribution in [1.29, 1.82) is 0 Å². The lowest BCUT2D eigenvalue weighted by atomic mass is 10.0. The average Bonchev–Trinajstić information content (AvgIpc) is 3.37. The van der Waals surface area contributed by atoms with Gasteiger partial charge in [-0.25, -0.2) is 0 Å². The number of thiophene rings is 1. The first kappa shape index (κ1) is 24.6. The third kappa shape index (κ3) is 5.65. The van der Waals surface area contributed by atoms with E-state index >= 15 is 0 Å². The molecule has 0 bridgehead atoms. The van der Waals surface area contributed by atoms with Crippen molar-refractivity contribution in [3.05, 3.63) is 53.4 Å². The van der Waals surface area contributed by atoms with Gasteiger partial charge < -0.3 is 14.4 Å². The molecule has 0 N–H and O–H groups in total. The molecular weight excluding hydrogens is 474 g/mol. The Morgan fingerprint density at radius 2 is 1.86 bits per heavy atom. The number of hydrogen-bond donors (Lipinski definition) is 0. The van der Waals surface area contributed by atoms with Crippen LogP contribution in [0.5, 0.6) is 5.75 Å². The summed E-state index contributed by atoms with van der Waals surface area (Å²) in [6, 6.07) is 14.7. The Labute approximate surface area is 216 Å². The van der Waals surface area contributed by atoms with E-state index in [0.29, 0.717) is 19.4 Å². The lowest BCUT2D eigenvalue weighted by Gasteiger charge is -2.36. The number of ether oxygens (including phenoxy) is 2.